The number of rotatable bonds is 2. The van der Waals surface area contributed by atoms with Gasteiger partial charge in [0.25, 0.3) is 0 Å². The van der Waals surface area contributed by atoms with Crippen molar-refractivity contribution in [1.29, 1.82) is 0 Å². The van der Waals surface area contributed by atoms with E-state index in [1.165, 1.54) is 5.56 Å². The minimum atomic E-state index is -2.92. The Hall–Kier alpha value is -1.89. The Kier molecular flexibility index (Phi) is 4.33. The van der Waals surface area contributed by atoms with Crippen LogP contribution in [0.3, 0.4) is 0 Å². The van der Waals surface area contributed by atoms with E-state index in [4.69, 9.17) is 0 Å². The van der Waals surface area contributed by atoms with Crippen molar-refractivity contribution in [3.8, 4) is 0 Å². The molecule has 1 heterocycles. The van der Waals surface area contributed by atoms with Crippen LogP contribution in [0, 0.1) is 5.92 Å². The van der Waals surface area contributed by atoms with Crippen LogP contribution < -0.4 is 5.30 Å². The first-order chi connectivity index (χ1) is 12.8. The Balaban J connectivity index is 2.04. The lowest BCUT2D eigenvalue weighted by molar-refractivity contribution is 0.184. The van der Waals surface area contributed by atoms with Crippen LogP contribution in [0.5, 0.6) is 0 Å². The lowest BCUT2D eigenvalue weighted by Crippen LogP contribution is -2.41. The third-order valence-corrected chi connectivity index (χ3v) is 10.2. The SMILES string of the molecule is CC(C)(C)N1[C@H](c2ccccc2)[C@H]2C=CC=C[C@@]2(C)P1(=O)c1ccccc1. The molecular weight excluding hydrogens is 349 g/mol. The number of benzene rings is 2. The number of hydrogen-bond acceptors (Lipinski definition) is 1. The van der Waals surface area contributed by atoms with Gasteiger partial charge in [0.05, 0.1) is 5.16 Å². The van der Waals surface area contributed by atoms with E-state index in [1.54, 1.807) is 0 Å². The summed E-state index contributed by atoms with van der Waals surface area (Å²) in [4.78, 5) is 0. The van der Waals surface area contributed by atoms with Crippen LogP contribution in [0.15, 0.2) is 85.0 Å². The Labute approximate surface area is 163 Å². The van der Waals surface area contributed by atoms with Gasteiger partial charge in [-0.05, 0) is 33.3 Å². The van der Waals surface area contributed by atoms with Gasteiger partial charge in [0, 0.05) is 22.8 Å². The monoisotopic (exact) mass is 377 g/mol. The molecule has 4 rings (SSSR count). The van der Waals surface area contributed by atoms with Crippen LogP contribution in [0.25, 0.3) is 0 Å². The summed E-state index contributed by atoms with van der Waals surface area (Å²) in [5.41, 5.74) is 0.991. The highest BCUT2D eigenvalue weighted by Crippen LogP contribution is 2.76. The van der Waals surface area contributed by atoms with Crippen molar-refractivity contribution < 1.29 is 4.57 Å². The molecule has 0 radical (unpaired) electrons. The average Bonchev–Trinajstić information content (AvgIpc) is 2.89. The fourth-order valence-corrected chi connectivity index (χ4v) is 9.14. The molecule has 1 fully saturated rings. The van der Waals surface area contributed by atoms with Crippen LogP contribution in [0.1, 0.15) is 39.3 Å². The normalized spacial score (nSPS) is 33.2. The quantitative estimate of drug-likeness (QED) is 0.603. The lowest BCUT2D eigenvalue weighted by Gasteiger charge is -2.43. The first kappa shape index (κ1) is 18.5. The number of allylic oxidation sites excluding steroid dienone is 3. The molecule has 1 aliphatic carbocycles. The molecule has 1 aliphatic heterocycles. The van der Waals surface area contributed by atoms with E-state index in [-0.39, 0.29) is 17.5 Å². The molecule has 140 valence electrons. The predicted molar refractivity (Wildman–Crippen MR) is 115 cm³/mol. The molecule has 1 saturated heterocycles. The lowest BCUT2D eigenvalue weighted by atomic mass is 9.80. The van der Waals surface area contributed by atoms with Crippen molar-refractivity contribution in [2.24, 2.45) is 5.92 Å². The molecule has 0 N–H and O–H groups in total. The zero-order valence-corrected chi connectivity index (χ0v) is 17.4. The van der Waals surface area contributed by atoms with Crippen LogP contribution in [-0.4, -0.2) is 15.4 Å². The fourth-order valence-electron chi connectivity index (χ4n) is 4.90. The van der Waals surface area contributed by atoms with Crippen molar-refractivity contribution in [2.75, 3.05) is 0 Å². The first-order valence-electron chi connectivity index (χ1n) is 9.67. The Morgan fingerprint density at radius 3 is 2.11 bits per heavy atom. The van der Waals surface area contributed by atoms with Gasteiger partial charge in [-0.3, -0.25) is 0 Å². The van der Waals surface area contributed by atoms with Crippen molar-refractivity contribution in [3.63, 3.8) is 0 Å². The number of hydrogen-bond donors (Lipinski definition) is 0. The second-order valence-electron chi connectivity index (χ2n) is 8.78. The van der Waals surface area contributed by atoms with E-state index in [9.17, 15) is 0 Å². The molecule has 2 aliphatic rings. The van der Waals surface area contributed by atoms with E-state index in [1.807, 2.05) is 36.4 Å². The van der Waals surface area contributed by atoms with Crippen molar-refractivity contribution >= 4 is 12.6 Å². The highest BCUT2D eigenvalue weighted by atomic mass is 31.2. The third kappa shape index (κ3) is 2.62. The van der Waals surface area contributed by atoms with E-state index < -0.39 is 12.4 Å². The molecule has 0 spiro atoms. The van der Waals surface area contributed by atoms with Gasteiger partial charge < -0.3 is 4.57 Å². The van der Waals surface area contributed by atoms with Gasteiger partial charge in [-0.1, -0.05) is 85.0 Å². The number of fused-ring (bicyclic) bond motifs is 1. The van der Waals surface area contributed by atoms with Crippen LogP contribution in [0.2, 0.25) is 0 Å². The van der Waals surface area contributed by atoms with Gasteiger partial charge in [0.15, 0.2) is 7.29 Å². The van der Waals surface area contributed by atoms with E-state index >= 15 is 4.57 Å². The number of nitrogens with zero attached hydrogens (tertiary/aromatic N) is 1. The maximum absolute atomic E-state index is 15.1. The summed E-state index contributed by atoms with van der Waals surface area (Å²) in [5, 5.41) is 0.516. The second-order valence-corrected chi connectivity index (χ2v) is 11.8. The van der Waals surface area contributed by atoms with Crippen LogP contribution in [0.4, 0.5) is 0 Å². The zero-order valence-electron chi connectivity index (χ0n) is 16.5. The summed E-state index contributed by atoms with van der Waals surface area (Å²) in [6.45, 7) is 8.75. The third-order valence-electron chi connectivity index (χ3n) is 6.03. The molecule has 0 amide bonds. The molecule has 0 saturated carbocycles. The maximum Gasteiger partial charge on any atom is 0.189 e. The molecule has 4 atom stereocenters. The standard InChI is InChI=1S/C24H28NOP/c1-23(2,3)25-22(19-13-7-5-8-14-19)21-17-11-12-18-24(21,4)27(25,26)20-15-9-6-10-16-20/h5-18,21-22H,1-4H3/t21-,22-,24-,27?/m1/s1. The largest absolute Gasteiger partial charge is 0.300 e. The van der Waals surface area contributed by atoms with Crippen LogP contribution >= 0.6 is 7.29 Å². The first-order valence-corrected chi connectivity index (χ1v) is 11.3. The molecule has 0 aromatic heterocycles. The molecule has 2 aromatic rings. The van der Waals surface area contributed by atoms with Crippen LogP contribution in [-0.2, 0) is 4.57 Å². The molecular formula is C24H28NOP. The van der Waals surface area contributed by atoms with E-state index in [0.717, 1.165) is 5.30 Å². The minimum absolute atomic E-state index is 0.0726. The molecule has 3 heteroatoms. The van der Waals surface area contributed by atoms with Gasteiger partial charge in [0.2, 0.25) is 0 Å². The topological polar surface area (TPSA) is 20.3 Å². The Morgan fingerprint density at radius 1 is 0.926 bits per heavy atom. The van der Waals surface area contributed by atoms with Crippen molar-refractivity contribution in [3.05, 3.63) is 90.5 Å². The van der Waals surface area contributed by atoms with Gasteiger partial charge in [0.1, 0.15) is 0 Å². The summed E-state index contributed by atoms with van der Waals surface area (Å²) >= 11 is 0. The Morgan fingerprint density at radius 2 is 1.52 bits per heavy atom. The van der Waals surface area contributed by atoms with Gasteiger partial charge >= 0.3 is 0 Å². The molecule has 2 nitrogen and oxygen atoms in total. The molecule has 0 bridgehead atoms. The van der Waals surface area contributed by atoms with Gasteiger partial charge in [-0.2, -0.15) is 0 Å². The van der Waals surface area contributed by atoms with E-state index in [0.29, 0.717) is 0 Å². The zero-order chi connectivity index (χ0) is 19.3. The smallest absolute Gasteiger partial charge is 0.189 e. The summed E-state index contributed by atoms with van der Waals surface area (Å²) in [6.07, 6.45) is 8.64. The summed E-state index contributed by atoms with van der Waals surface area (Å²) in [5.74, 6) is 0.162. The summed E-state index contributed by atoms with van der Waals surface area (Å²) < 4.78 is 17.4. The molecule has 27 heavy (non-hydrogen) atoms. The van der Waals surface area contributed by atoms with Gasteiger partial charge in [-0.15, -0.1) is 0 Å². The average molecular weight is 377 g/mol. The minimum Gasteiger partial charge on any atom is -0.300 e. The second kappa shape index (κ2) is 6.33. The fraction of sp³-hybridized carbons (Fsp3) is 0.333. The Bertz CT molecular complexity index is 926. The summed E-state index contributed by atoms with van der Waals surface area (Å²) in [6, 6.07) is 20.7. The molecule has 1 unspecified atom stereocenters. The highest BCUT2D eigenvalue weighted by molar-refractivity contribution is 7.71. The maximum atomic E-state index is 15.1. The predicted octanol–water partition coefficient (Wildman–Crippen LogP) is 5.95. The van der Waals surface area contributed by atoms with Crippen molar-refractivity contribution in [1.82, 2.24) is 4.67 Å². The van der Waals surface area contributed by atoms with Crippen molar-refractivity contribution in [2.45, 2.75) is 44.4 Å². The van der Waals surface area contributed by atoms with E-state index in [2.05, 4.69) is 80.9 Å². The van der Waals surface area contributed by atoms with Gasteiger partial charge in [-0.25, -0.2) is 4.67 Å². The molecule has 2 aromatic carbocycles. The highest BCUT2D eigenvalue weighted by Gasteiger charge is 2.65. The summed E-state index contributed by atoms with van der Waals surface area (Å²) in [7, 11) is -2.92.